The van der Waals surface area contributed by atoms with Crippen LogP contribution in [0.4, 0.5) is 0 Å². The quantitative estimate of drug-likeness (QED) is 0.918. The minimum Gasteiger partial charge on any atom is -0.384 e. The van der Waals surface area contributed by atoms with E-state index in [4.69, 9.17) is 0 Å². The third-order valence-corrected chi connectivity index (χ3v) is 3.09. The van der Waals surface area contributed by atoms with E-state index < -0.39 is 6.10 Å². The van der Waals surface area contributed by atoms with Crippen molar-refractivity contribution in [1.29, 1.82) is 0 Å². The van der Waals surface area contributed by atoms with Crippen LogP contribution in [0.25, 0.3) is 0 Å². The van der Waals surface area contributed by atoms with Crippen LogP contribution in [0.3, 0.4) is 0 Å². The first-order chi connectivity index (χ1) is 8.06. The molecule has 0 spiro atoms. The fraction of sp³-hybridized carbons (Fsp3) is 0.214. The van der Waals surface area contributed by atoms with Crippen LogP contribution < -0.4 is 0 Å². The Balaban J connectivity index is 2.36. The van der Waals surface area contributed by atoms with Crippen molar-refractivity contribution < 1.29 is 5.11 Å². The van der Waals surface area contributed by atoms with Gasteiger partial charge in [-0.05, 0) is 43.2 Å². The Kier molecular flexibility index (Phi) is 3.60. The Bertz CT molecular complexity index is 502. The van der Waals surface area contributed by atoms with Crippen molar-refractivity contribution in [3.8, 4) is 0 Å². The highest BCUT2D eigenvalue weighted by Gasteiger charge is 2.11. The molecule has 1 N–H and O–H groups in total. The predicted octanol–water partition coefficient (Wildman–Crippen LogP) is 3.54. The lowest BCUT2D eigenvalue weighted by molar-refractivity contribution is 0.219. The van der Waals surface area contributed by atoms with Crippen molar-refractivity contribution in [3.63, 3.8) is 0 Å². The molecule has 0 aliphatic rings. The molecule has 1 aromatic carbocycles. The number of aliphatic hydroxyl groups excluding tert-OH is 1. The van der Waals surface area contributed by atoms with Crippen molar-refractivity contribution in [2.24, 2.45) is 0 Å². The maximum absolute atomic E-state index is 10.3. The van der Waals surface area contributed by atoms with Crippen LogP contribution in [0.2, 0.25) is 0 Å². The molecule has 1 heterocycles. The molecule has 0 fully saturated rings. The van der Waals surface area contributed by atoms with Crippen LogP contribution in [0, 0.1) is 13.8 Å². The zero-order valence-corrected chi connectivity index (χ0v) is 11.4. The second-order valence-electron chi connectivity index (χ2n) is 4.20. The average molecular weight is 292 g/mol. The summed E-state index contributed by atoms with van der Waals surface area (Å²) in [6.45, 7) is 3.94. The number of benzene rings is 1. The number of pyridine rings is 1. The van der Waals surface area contributed by atoms with Gasteiger partial charge in [0.1, 0.15) is 6.10 Å². The molecular weight excluding hydrogens is 278 g/mol. The number of hydrogen-bond acceptors (Lipinski definition) is 2. The van der Waals surface area contributed by atoms with Crippen LogP contribution in [-0.2, 0) is 0 Å². The summed E-state index contributed by atoms with van der Waals surface area (Å²) >= 11 is 3.44. The number of halogens is 1. The van der Waals surface area contributed by atoms with Gasteiger partial charge >= 0.3 is 0 Å². The monoisotopic (exact) mass is 291 g/mol. The summed E-state index contributed by atoms with van der Waals surface area (Å²) in [4.78, 5) is 4.20. The molecule has 0 radical (unpaired) electrons. The molecule has 2 nitrogen and oxygen atoms in total. The zero-order valence-electron chi connectivity index (χ0n) is 9.81. The Morgan fingerprint density at radius 1 is 1.12 bits per heavy atom. The summed E-state index contributed by atoms with van der Waals surface area (Å²) in [5.41, 5.74) is 3.76. The van der Waals surface area contributed by atoms with E-state index in [0.717, 1.165) is 26.9 Å². The first kappa shape index (κ1) is 12.3. The van der Waals surface area contributed by atoms with Gasteiger partial charge < -0.3 is 5.11 Å². The first-order valence-corrected chi connectivity index (χ1v) is 6.23. The van der Waals surface area contributed by atoms with Gasteiger partial charge in [0.2, 0.25) is 0 Å². The maximum Gasteiger partial charge on any atom is 0.106 e. The standard InChI is InChI=1S/C14H14BrNO/c1-9-5-12(7-13(15)6-9)14(17)11-4-3-10(2)16-8-11/h3-8,14,17H,1-2H3. The molecule has 0 saturated carbocycles. The third kappa shape index (κ3) is 2.93. The van der Waals surface area contributed by atoms with Gasteiger partial charge in [-0.3, -0.25) is 4.98 Å². The fourth-order valence-electron chi connectivity index (χ4n) is 1.76. The van der Waals surface area contributed by atoms with Crippen LogP contribution in [0.1, 0.15) is 28.5 Å². The van der Waals surface area contributed by atoms with Crippen molar-refractivity contribution in [1.82, 2.24) is 4.98 Å². The SMILES string of the molecule is Cc1cc(Br)cc(C(O)c2ccc(C)nc2)c1. The van der Waals surface area contributed by atoms with Gasteiger partial charge in [0.25, 0.3) is 0 Å². The molecule has 0 bridgehead atoms. The second kappa shape index (κ2) is 4.98. The average Bonchev–Trinajstić information content (AvgIpc) is 2.28. The van der Waals surface area contributed by atoms with Gasteiger partial charge in [0, 0.05) is 21.9 Å². The maximum atomic E-state index is 10.3. The predicted molar refractivity (Wildman–Crippen MR) is 71.9 cm³/mol. The largest absolute Gasteiger partial charge is 0.384 e. The molecular formula is C14H14BrNO. The molecule has 0 aliphatic carbocycles. The number of aromatic nitrogens is 1. The van der Waals surface area contributed by atoms with Gasteiger partial charge in [-0.15, -0.1) is 0 Å². The summed E-state index contributed by atoms with van der Waals surface area (Å²) in [6.07, 6.45) is 1.09. The number of rotatable bonds is 2. The smallest absolute Gasteiger partial charge is 0.106 e. The highest BCUT2D eigenvalue weighted by Crippen LogP contribution is 2.25. The normalized spacial score (nSPS) is 12.5. The second-order valence-corrected chi connectivity index (χ2v) is 5.11. The van der Waals surface area contributed by atoms with Crippen LogP contribution in [0.5, 0.6) is 0 Å². The number of hydrogen-bond donors (Lipinski definition) is 1. The van der Waals surface area contributed by atoms with Gasteiger partial charge in [-0.1, -0.05) is 28.1 Å². The summed E-state index contributed by atoms with van der Waals surface area (Å²) in [5.74, 6) is 0. The minimum atomic E-state index is -0.626. The van der Waals surface area contributed by atoms with E-state index in [1.807, 2.05) is 44.2 Å². The van der Waals surface area contributed by atoms with Crippen LogP contribution >= 0.6 is 15.9 Å². The third-order valence-electron chi connectivity index (χ3n) is 2.63. The van der Waals surface area contributed by atoms with Crippen LogP contribution in [-0.4, -0.2) is 10.1 Å². The van der Waals surface area contributed by atoms with Gasteiger partial charge in [-0.2, -0.15) is 0 Å². The molecule has 17 heavy (non-hydrogen) atoms. The molecule has 0 saturated heterocycles. The molecule has 0 amide bonds. The van der Waals surface area contributed by atoms with E-state index in [1.165, 1.54) is 0 Å². The number of aryl methyl sites for hydroxylation is 2. The summed E-state index contributed by atoms with van der Waals surface area (Å²) < 4.78 is 0.978. The van der Waals surface area contributed by atoms with E-state index in [1.54, 1.807) is 6.20 Å². The molecule has 2 rings (SSSR count). The lowest BCUT2D eigenvalue weighted by Gasteiger charge is -2.12. The number of aliphatic hydroxyl groups is 1. The van der Waals surface area contributed by atoms with E-state index in [-0.39, 0.29) is 0 Å². The Morgan fingerprint density at radius 2 is 1.88 bits per heavy atom. The lowest BCUT2D eigenvalue weighted by Crippen LogP contribution is -2.01. The molecule has 1 unspecified atom stereocenters. The first-order valence-electron chi connectivity index (χ1n) is 5.44. The van der Waals surface area contributed by atoms with Crippen molar-refractivity contribution in [3.05, 3.63) is 63.4 Å². The molecule has 0 aliphatic heterocycles. The van der Waals surface area contributed by atoms with E-state index in [9.17, 15) is 5.11 Å². The molecule has 88 valence electrons. The summed E-state index contributed by atoms with van der Waals surface area (Å²) in [5, 5.41) is 10.3. The van der Waals surface area contributed by atoms with Crippen molar-refractivity contribution >= 4 is 15.9 Å². The Labute approximate surface area is 109 Å². The topological polar surface area (TPSA) is 33.1 Å². The van der Waals surface area contributed by atoms with Crippen molar-refractivity contribution in [2.45, 2.75) is 20.0 Å². The number of nitrogens with zero attached hydrogens (tertiary/aromatic N) is 1. The molecule has 1 aromatic heterocycles. The molecule has 2 aromatic rings. The van der Waals surface area contributed by atoms with Crippen LogP contribution in [0.15, 0.2) is 41.0 Å². The van der Waals surface area contributed by atoms with Gasteiger partial charge in [0.15, 0.2) is 0 Å². The molecule has 3 heteroatoms. The van der Waals surface area contributed by atoms with E-state index >= 15 is 0 Å². The minimum absolute atomic E-state index is 0.626. The van der Waals surface area contributed by atoms with E-state index in [2.05, 4.69) is 20.9 Å². The van der Waals surface area contributed by atoms with Gasteiger partial charge in [-0.25, -0.2) is 0 Å². The van der Waals surface area contributed by atoms with Crippen molar-refractivity contribution in [2.75, 3.05) is 0 Å². The summed E-state index contributed by atoms with van der Waals surface area (Å²) in [7, 11) is 0. The summed E-state index contributed by atoms with van der Waals surface area (Å²) in [6, 6.07) is 9.74. The van der Waals surface area contributed by atoms with Gasteiger partial charge in [0.05, 0.1) is 0 Å². The Morgan fingerprint density at radius 3 is 2.47 bits per heavy atom. The Hall–Kier alpha value is -1.19. The zero-order chi connectivity index (χ0) is 12.4. The lowest BCUT2D eigenvalue weighted by atomic mass is 10.0. The van der Waals surface area contributed by atoms with E-state index in [0.29, 0.717) is 0 Å². The highest BCUT2D eigenvalue weighted by atomic mass is 79.9. The highest BCUT2D eigenvalue weighted by molar-refractivity contribution is 9.10. The molecule has 1 atom stereocenters. The fourth-order valence-corrected chi connectivity index (χ4v) is 2.38.